The summed E-state index contributed by atoms with van der Waals surface area (Å²) in [5.41, 5.74) is 1.87. The first-order valence-electron chi connectivity index (χ1n) is 3.15. The fourth-order valence-corrected chi connectivity index (χ4v) is 0.971. The van der Waals surface area contributed by atoms with E-state index in [0.717, 1.165) is 6.07 Å². The van der Waals surface area contributed by atoms with Crippen molar-refractivity contribution in [2.45, 2.75) is 6.54 Å². The Kier molecular flexibility index (Phi) is 2.97. The zero-order valence-electron chi connectivity index (χ0n) is 5.94. The van der Waals surface area contributed by atoms with Crippen LogP contribution >= 0.6 is 11.6 Å². The first-order chi connectivity index (χ1) is 5.65. The van der Waals surface area contributed by atoms with Crippen molar-refractivity contribution in [1.82, 2.24) is 5.48 Å². The highest BCUT2D eigenvalue weighted by Crippen LogP contribution is 2.18. The summed E-state index contributed by atoms with van der Waals surface area (Å²) in [5.74, 6) is -1.55. The van der Waals surface area contributed by atoms with Crippen molar-refractivity contribution in [3.05, 3.63) is 34.4 Å². The standard InChI is InChI=1S/C7H6ClF2NO/c8-5-1-4(3-11-12)6(9)2-7(5)10/h1-2,11-12H,3H2. The average molecular weight is 194 g/mol. The SMILES string of the molecule is ONCc1cc(Cl)c(F)cc1F. The molecule has 0 bridgehead atoms. The van der Waals surface area contributed by atoms with Crippen LogP contribution in [-0.2, 0) is 6.54 Å². The fourth-order valence-electron chi connectivity index (χ4n) is 0.784. The Morgan fingerprint density at radius 2 is 2.00 bits per heavy atom. The van der Waals surface area contributed by atoms with Gasteiger partial charge in [-0.25, -0.2) is 14.3 Å². The van der Waals surface area contributed by atoms with E-state index in [1.807, 2.05) is 0 Å². The van der Waals surface area contributed by atoms with Gasteiger partial charge >= 0.3 is 0 Å². The lowest BCUT2D eigenvalue weighted by molar-refractivity contribution is 0.160. The first kappa shape index (κ1) is 9.38. The van der Waals surface area contributed by atoms with Crippen LogP contribution in [-0.4, -0.2) is 5.21 Å². The van der Waals surface area contributed by atoms with E-state index in [2.05, 4.69) is 0 Å². The molecule has 5 heteroatoms. The summed E-state index contributed by atoms with van der Waals surface area (Å²) in [6, 6.07) is 1.80. The number of halogens is 3. The lowest BCUT2D eigenvalue weighted by Gasteiger charge is -2.02. The molecule has 0 unspecified atom stereocenters. The summed E-state index contributed by atoms with van der Waals surface area (Å²) in [5, 5.41) is 8.09. The molecule has 2 nitrogen and oxygen atoms in total. The summed E-state index contributed by atoms with van der Waals surface area (Å²) in [6.45, 7) is -0.105. The monoisotopic (exact) mass is 193 g/mol. The van der Waals surface area contributed by atoms with E-state index >= 15 is 0 Å². The van der Waals surface area contributed by atoms with Gasteiger partial charge in [0.15, 0.2) is 0 Å². The number of nitrogens with one attached hydrogen (secondary N) is 1. The van der Waals surface area contributed by atoms with Gasteiger partial charge in [-0.05, 0) is 6.07 Å². The van der Waals surface area contributed by atoms with Crippen LogP contribution < -0.4 is 5.48 Å². The van der Waals surface area contributed by atoms with Crippen LogP contribution in [0.3, 0.4) is 0 Å². The summed E-state index contributed by atoms with van der Waals surface area (Å²) in [7, 11) is 0. The van der Waals surface area contributed by atoms with Gasteiger partial charge in [0.25, 0.3) is 0 Å². The van der Waals surface area contributed by atoms with Crippen molar-refractivity contribution in [3.63, 3.8) is 0 Å². The van der Waals surface area contributed by atoms with Crippen molar-refractivity contribution in [2.24, 2.45) is 0 Å². The van der Waals surface area contributed by atoms with Gasteiger partial charge in [0.1, 0.15) is 11.6 Å². The first-order valence-corrected chi connectivity index (χ1v) is 3.53. The van der Waals surface area contributed by atoms with Crippen LogP contribution in [0.5, 0.6) is 0 Å². The fraction of sp³-hybridized carbons (Fsp3) is 0.143. The van der Waals surface area contributed by atoms with Crippen molar-refractivity contribution in [2.75, 3.05) is 0 Å². The molecule has 2 N–H and O–H groups in total. The van der Waals surface area contributed by atoms with Crippen molar-refractivity contribution < 1.29 is 14.0 Å². The quantitative estimate of drug-likeness (QED) is 0.557. The third-order valence-electron chi connectivity index (χ3n) is 1.36. The average Bonchev–Trinajstić information content (AvgIpc) is 2.01. The van der Waals surface area contributed by atoms with Crippen LogP contribution in [0.2, 0.25) is 5.02 Å². The van der Waals surface area contributed by atoms with Crippen LogP contribution in [0.1, 0.15) is 5.56 Å². The van der Waals surface area contributed by atoms with Gasteiger partial charge in [0.2, 0.25) is 0 Å². The molecular weight excluding hydrogens is 188 g/mol. The van der Waals surface area contributed by atoms with E-state index in [0.29, 0.717) is 6.07 Å². The number of hydrogen-bond donors (Lipinski definition) is 2. The molecular formula is C7H6ClF2NO. The van der Waals surface area contributed by atoms with Crippen LogP contribution in [0.4, 0.5) is 8.78 Å². The highest BCUT2D eigenvalue weighted by atomic mass is 35.5. The predicted molar refractivity (Wildman–Crippen MR) is 40.0 cm³/mol. The lowest BCUT2D eigenvalue weighted by Crippen LogP contribution is -2.08. The Bertz CT molecular complexity index is 293. The molecule has 0 heterocycles. The second-order valence-electron chi connectivity index (χ2n) is 2.19. The Morgan fingerprint density at radius 3 is 2.58 bits per heavy atom. The molecule has 0 atom stereocenters. The summed E-state index contributed by atoms with van der Waals surface area (Å²) in [4.78, 5) is 0. The molecule has 0 aliphatic carbocycles. The molecule has 1 aromatic rings. The second-order valence-corrected chi connectivity index (χ2v) is 2.60. The molecule has 0 radical (unpaired) electrons. The third-order valence-corrected chi connectivity index (χ3v) is 1.65. The van der Waals surface area contributed by atoms with Crippen LogP contribution in [0.15, 0.2) is 12.1 Å². The Balaban J connectivity index is 3.05. The van der Waals surface area contributed by atoms with Gasteiger partial charge < -0.3 is 5.21 Å². The number of benzene rings is 1. The number of hydrogen-bond acceptors (Lipinski definition) is 2. The number of rotatable bonds is 2. The van der Waals surface area contributed by atoms with Crippen molar-refractivity contribution in [3.8, 4) is 0 Å². The maximum absolute atomic E-state index is 12.8. The normalized spacial score (nSPS) is 10.3. The van der Waals surface area contributed by atoms with E-state index in [4.69, 9.17) is 16.8 Å². The third kappa shape index (κ3) is 1.91. The number of hydroxylamine groups is 1. The zero-order chi connectivity index (χ0) is 9.14. The van der Waals surface area contributed by atoms with Gasteiger partial charge in [-0.2, -0.15) is 0 Å². The summed E-state index contributed by atoms with van der Waals surface area (Å²) >= 11 is 5.37. The molecule has 0 fully saturated rings. The molecule has 66 valence electrons. The van der Waals surface area contributed by atoms with Crippen LogP contribution in [0.25, 0.3) is 0 Å². The highest BCUT2D eigenvalue weighted by Gasteiger charge is 2.07. The van der Waals surface area contributed by atoms with Gasteiger partial charge in [-0.15, -0.1) is 0 Å². The van der Waals surface area contributed by atoms with Gasteiger partial charge in [-0.1, -0.05) is 11.6 Å². The summed E-state index contributed by atoms with van der Waals surface area (Å²) in [6.07, 6.45) is 0. The molecule has 0 aliphatic rings. The largest absolute Gasteiger partial charge is 0.316 e. The Labute approximate surface area is 72.7 Å². The van der Waals surface area contributed by atoms with Crippen molar-refractivity contribution in [1.29, 1.82) is 0 Å². The van der Waals surface area contributed by atoms with Gasteiger partial charge in [-0.3, -0.25) is 0 Å². The highest BCUT2D eigenvalue weighted by molar-refractivity contribution is 6.30. The molecule has 0 aliphatic heterocycles. The van der Waals surface area contributed by atoms with E-state index < -0.39 is 11.6 Å². The van der Waals surface area contributed by atoms with Gasteiger partial charge in [0, 0.05) is 18.2 Å². The minimum Gasteiger partial charge on any atom is -0.316 e. The Morgan fingerprint density at radius 1 is 1.33 bits per heavy atom. The van der Waals surface area contributed by atoms with E-state index in [1.165, 1.54) is 0 Å². The molecule has 0 aromatic heterocycles. The zero-order valence-corrected chi connectivity index (χ0v) is 6.70. The lowest BCUT2D eigenvalue weighted by atomic mass is 10.2. The maximum atomic E-state index is 12.8. The smallest absolute Gasteiger partial charge is 0.144 e. The van der Waals surface area contributed by atoms with Crippen molar-refractivity contribution >= 4 is 11.6 Å². The molecule has 0 amide bonds. The predicted octanol–water partition coefficient (Wildman–Crippen LogP) is 2.10. The minimum atomic E-state index is -0.809. The molecule has 1 aromatic carbocycles. The topological polar surface area (TPSA) is 32.3 Å². The van der Waals surface area contributed by atoms with Gasteiger partial charge in [0.05, 0.1) is 5.02 Å². The molecule has 0 saturated carbocycles. The van der Waals surface area contributed by atoms with E-state index in [1.54, 1.807) is 5.48 Å². The maximum Gasteiger partial charge on any atom is 0.144 e. The minimum absolute atomic E-state index is 0.105. The summed E-state index contributed by atoms with van der Waals surface area (Å²) < 4.78 is 25.3. The molecule has 1 rings (SSSR count). The Hall–Kier alpha value is -0.710. The molecule has 0 saturated heterocycles. The van der Waals surface area contributed by atoms with Crippen LogP contribution in [0, 0.1) is 11.6 Å². The molecule has 12 heavy (non-hydrogen) atoms. The second kappa shape index (κ2) is 3.80. The van der Waals surface area contributed by atoms with E-state index in [9.17, 15) is 8.78 Å². The molecule has 0 spiro atoms. The van der Waals surface area contributed by atoms with E-state index in [-0.39, 0.29) is 17.1 Å².